The highest BCUT2D eigenvalue weighted by Crippen LogP contribution is 2.03. The molecule has 0 radical (unpaired) electrons. The van der Waals surface area contributed by atoms with Gasteiger partial charge in [-0.2, -0.15) is 0 Å². The molecule has 9 heavy (non-hydrogen) atoms. The summed E-state index contributed by atoms with van der Waals surface area (Å²) in [7, 11) is 0. The van der Waals surface area contributed by atoms with E-state index in [-0.39, 0.29) is 12.3 Å². The highest BCUT2D eigenvalue weighted by molar-refractivity contribution is 5.86. The molecule has 1 unspecified atom stereocenters. The van der Waals surface area contributed by atoms with E-state index in [1.807, 2.05) is 0 Å². The number of nitrogens with two attached hydrogens (primary N) is 1. The first-order valence-electron chi connectivity index (χ1n) is 3.00. The van der Waals surface area contributed by atoms with E-state index < -0.39 is 5.60 Å². The molecular formula is C6H13NO2. The zero-order chi connectivity index (χ0) is 7.49. The summed E-state index contributed by atoms with van der Waals surface area (Å²) < 4.78 is 0. The number of hydrogen-bond acceptors (Lipinski definition) is 3. The van der Waals surface area contributed by atoms with Crippen LogP contribution in [0.4, 0.5) is 0 Å². The molecule has 0 aromatic heterocycles. The van der Waals surface area contributed by atoms with Gasteiger partial charge in [0, 0.05) is 13.0 Å². The molecule has 1 atom stereocenters. The molecule has 0 saturated heterocycles. The predicted molar refractivity (Wildman–Crippen MR) is 35.0 cm³/mol. The van der Waals surface area contributed by atoms with Crippen molar-refractivity contribution in [2.45, 2.75) is 25.9 Å². The van der Waals surface area contributed by atoms with E-state index in [0.29, 0.717) is 6.42 Å². The van der Waals surface area contributed by atoms with Crippen LogP contribution in [0.1, 0.15) is 20.3 Å². The molecule has 3 nitrogen and oxygen atoms in total. The summed E-state index contributed by atoms with van der Waals surface area (Å²) in [6.07, 6.45) is 0.337. The molecule has 0 spiro atoms. The van der Waals surface area contributed by atoms with E-state index in [1.54, 1.807) is 6.92 Å². The first-order chi connectivity index (χ1) is 4.04. The first kappa shape index (κ1) is 8.59. The average Bonchev–Trinajstić information content (AvgIpc) is 1.86. The van der Waals surface area contributed by atoms with E-state index >= 15 is 0 Å². The van der Waals surface area contributed by atoms with Gasteiger partial charge in [0.25, 0.3) is 0 Å². The number of carbonyl (C=O) groups is 1. The van der Waals surface area contributed by atoms with Gasteiger partial charge in [-0.15, -0.1) is 0 Å². The second-order valence-electron chi connectivity index (χ2n) is 2.25. The normalized spacial score (nSPS) is 16.9. The zero-order valence-corrected chi connectivity index (χ0v) is 5.85. The van der Waals surface area contributed by atoms with Crippen molar-refractivity contribution < 1.29 is 9.90 Å². The summed E-state index contributed by atoms with van der Waals surface area (Å²) in [5.41, 5.74) is 3.80. The smallest absolute Gasteiger partial charge is 0.165 e. The molecule has 3 heteroatoms. The second-order valence-corrected chi connectivity index (χ2v) is 2.25. The fourth-order valence-electron chi connectivity index (χ4n) is 0.495. The lowest BCUT2D eigenvalue weighted by Crippen LogP contribution is -2.42. The minimum Gasteiger partial charge on any atom is -0.381 e. The largest absolute Gasteiger partial charge is 0.381 e. The van der Waals surface area contributed by atoms with Crippen LogP contribution in [0.25, 0.3) is 0 Å². The summed E-state index contributed by atoms with van der Waals surface area (Å²) in [5, 5.41) is 9.12. The van der Waals surface area contributed by atoms with E-state index in [1.165, 1.54) is 6.92 Å². The molecule has 0 bridgehead atoms. The molecule has 0 aliphatic rings. The first-order valence-corrected chi connectivity index (χ1v) is 3.00. The summed E-state index contributed by atoms with van der Waals surface area (Å²) in [6.45, 7) is 3.13. The zero-order valence-electron chi connectivity index (χ0n) is 5.85. The Morgan fingerprint density at radius 2 is 2.22 bits per heavy atom. The maximum atomic E-state index is 10.7. The van der Waals surface area contributed by atoms with Gasteiger partial charge in [-0.25, -0.2) is 0 Å². The van der Waals surface area contributed by atoms with Gasteiger partial charge in [-0.05, 0) is 6.92 Å². The SMILES string of the molecule is CCC(=O)C(C)(O)CN. The van der Waals surface area contributed by atoms with Crippen LogP contribution in [0, 0.1) is 0 Å². The fraction of sp³-hybridized carbons (Fsp3) is 0.833. The Balaban J connectivity index is 3.97. The molecule has 54 valence electrons. The Labute approximate surface area is 54.9 Å². The third kappa shape index (κ3) is 2.11. The lowest BCUT2D eigenvalue weighted by atomic mass is 10.00. The highest BCUT2D eigenvalue weighted by atomic mass is 16.3. The van der Waals surface area contributed by atoms with Crippen LogP contribution in [0.3, 0.4) is 0 Å². The molecule has 0 aromatic carbocycles. The maximum absolute atomic E-state index is 10.7. The van der Waals surface area contributed by atoms with Gasteiger partial charge in [0.1, 0.15) is 5.60 Å². The lowest BCUT2D eigenvalue weighted by Gasteiger charge is -2.17. The minimum absolute atomic E-state index is 0.000324. The van der Waals surface area contributed by atoms with Gasteiger partial charge in [0.2, 0.25) is 0 Å². The minimum atomic E-state index is -1.31. The quantitative estimate of drug-likeness (QED) is 0.551. The second kappa shape index (κ2) is 2.94. The topological polar surface area (TPSA) is 63.3 Å². The monoisotopic (exact) mass is 131 g/mol. The Kier molecular flexibility index (Phi) is 2.81. The molecule has 0 amide bonds. The van der Waals surface area contributed by atoms with Gasteiger partial charge < -0.3 is 10.8 Å². The molecule has 0 saturated carbocycles. The maximum Gasteiger partial charge on any atom is 0.165 e. The van der Waals surface area contributed by atoms with E-state index in [9.17, 15) is 4.79 Å². The third-order valence-electron chi connectivity index (χ3n) is 1.32. The van der Waals surface area contributed by atoms with Gasteiger partial charge in [0.05, 0.1) is 0 Å². The fourth-order valence-corrected chi connectivity index (χ4v) is 0.495. The van der Waals surface area contributed by atoms with Crippen molar-refractivity contribution in [3.8, 4) is 0 Å². The van der Waals surface area contributed by atoms with Crippen molar-refractivity contribution in [3.63, 3.8) is 0 Å². The van der Waals surface area contributed by atoms with E-state index in [0.717, 1.165) is 0 Å². The van der Waals surface area contributed by atoms with Gasteiger partial charge in [-0.1, -0.05) is 6.92 Å². The van der Waals surface area contributed by atoms with Crippen molar-refractivity contribution in [2.75, 3.05) is 6.54 Å². The summed E-state index contributed by atoms with van der Waals surface area (Å²) in [6, 6.07) is 0. The van der Waals surface area contributed by atoms with Crippen molar-refractivity contribution >= 4 is 5.78 Å². The van der Waals surface area contributed by atoms with Gasteiger partial charge in [-0.3, -0.25) is 4.79 Å². The molecule has 0 fully saturated rings. The molecule has 0 rings (SSSR count). The number of carbonyl (C=O) groups excluding carboxylic acids is 1. The van der Waals surface area contributed by atoms with Crippen LogP contribution >= 0.6 is 0 Å². The van der Waals surface area contributed by atoms with Crippen LogP contribution in [-0.4, -0.2) is 23.0 Å². The number of aliphatic hydroxyl groups is 1. The summed E-state index contributed by atoms with van der Waals surface area (Å²) >= 11 is 0. The van der Waals surface area contributed by atoms with Gasteiger partial charge in [0.15, 0.2) is 5.78 Å². The van der Waals surface area contributed by atoms with Crippen LogP contribution in [0.15, 0.2) is 0 Å². The third-order valence-corrected chi connectivity index (χ3v) is 1.32. The number of hydrogen-bond donors (Lipinski definition) is 2. The summed E-state index contributed by atoms with van der Waals surface area (Å²) in [5.74, 6) is -0.204. The molecule has 3 N–H and O–H groups in total. The standard InChI is InChI=1S/C6H13NO2/c1-3-5(8)6(2,9)4-7/h9H,3-4,7H2,1-2H3. The lowest BCUT2D eigenvalue weighted by molar-refractivity contribution is -0.134. The molecule has 0 aliphatic heterocycles. The Bertz CT molecular complexity index is 110. The molecule has 0 aliphatic carbocycles. The Hall–Kier alpha value is -0.410. The van der Waals surface area contributed by atoms with Gasteiger partial charge >= 0.3 is 0 Å². The predicted octanol–water partition coefficient (Wildman–Crippen LogP) is -0.325. The van der Waals surface area contributed by atoms with Crippen LogP contribution in [0.2, 0.25) is 0 Å². The molecule has 0 aromatic rings. The number of ketones is 1. The number of rotatable bonds is 3. The summed E-state index contributed by atoms with van der Waals surface area (Å²) in [4.78, 5) is 10.7. The average molecular weight is 131 g/mol. The highest BCUT2D eigenvalue weighted by Gasteiger charge is 2.25. The van der Waals surface area contributed by atoms with Crippen LogP contribution in [0.5, 0.6) is 0 Å². The molecule has 0 heterocycles. The van der Waals surface area contributed by atoms with Crippen LogP contribution < -0.4 is 5.73 Å². The van der Waals surface area contributed by atoms with Crippen molar-refractivity contribution in [3.05, 3.63) is 0 Å². The number of Topliss-reactive ketones (excluding diaryl/α,β-unsaturated/α-hetero) is 1. The van der Waals surface area contributed by atoms with Crippen molar-refractivity contribution in [1.82, 2.24) is 0 Å². The van der Waals surface area contributed by atoms with E-state index in [4.69, 9.17) is 10.8 Å². The molecular weight excluding hydrogens is 118 g/mol. The van der Waals surface area contributed by atoms with E-state index in [2.05, 4.69) is 0 Å². The van der Waals surface area contributed by atoms with Crippen molar-refractivity contribution in [2.24, 2.45) is 5.73 Å². The van der Waals surface area contributed by atoms with Crippen molar-refractivity contribution in [1.29, 1.82) is 0 Å². The van der Waals surface area contributed by atoms with Crippen LogP contribution in [-0.2, 0) is 4.79 Å². The Morgan fingerprint density at radius 1 is 1.78 bits per heavy atom. The Morgan fingerprint density at radius 3 is 2.33 bits per heavy atom.